The molecule has 0 fully saturated rings. The van der Waals surface area contributed by atoms with E-state index in [1.165, 1.54) is 189 Å². The normalized spacial score (nSPS) is 13.4. The first-order chi connectivity index (χ1) is 35.9. The largest absolute Gasteiger partial charge is 0.537 e. The van der Waals surface area contributed by atoms with Crippen molar-refractivity contribution in [2.75, 3.05) is 0 Å². The highest BCUT2D eigenvalue weighted by Gasteiger charge is 2.34. The Morgan fingerprint density at radius 3 is 0.671 bits per heavy atom. The van der Waals surface area contributed by atoms with Gasteiger partial charge in [-0.1, -0.05) is 287 Å². The smallest absolute Gasteiger partial charge is 0.375 e. The van der Waals surface area contributed by atoms with Crippen LogP contribution in [0.4, 0.5) is 0 Å². The third-order valence-corrected chi connectivity index (χ3v) is 15.9. The molecule has 0 rings (SSSR count). The lowest BCUT2D eigenvalue weighted by Gasteiger charge is -2.20. The van der Waals surface area contributed by atoms with Gasteiger partial charge in [-0.05, 0) is 112 Å². The minimum Gasteiger partial charge on any atom is -0.375 e. The molecule has 0 amide bonds. The molecule has 0 N–H and O–H groups in total. The van der Waals surface area contributed by atoms with Crippen molar-refractivity contribution in [3.05, 3.63) is 36.5 Å². The predicted octanol–water partition coefficient (Wildman–Crippen LogP) is 22.0. The molecule has 0 aromatic rings. The molecule has 0 aliphatic heterocycles. The lowest BCUT2D eigenvalue weighted by Crippen LogP contribution is -2.23. The molecule has 73 heavy (non-hydrogen) atoms. The number of unbranched alkanes of at least 4 members (excludes halogenated alkanes) is 36. The molecule has 0 saturated heterocycles. The summed E-state index contributed by atoms with van der Waals surface area (Å²) in [6.07, 6.45) is 66.1. The maximum absolute atomic E-state index is 13.5. The molecular formula is C63H111O6PS3. The number of carbonyl (C=O) groups excluding carboxylic acids is 3. The van der Waals surface area contributed by atoms with Crippen molar-refractivity contribution < 1.29 is 28.0 Å². The highest BCUT2D eigenvalue weighted by atomic mass is 32.1. The summed E-state index contributed by atoms with van der Waals surface area (Å²) in [5, 5.41) is 4.25. The summed E-state index contributed by atoms with van der Waals surface area (Å²) in [7, 11) is -2.68. The molecule has 6 nitrogen and oxygen atoms in total. The van der Waals surface area contributed by atoms with E-state index in [1.807, 2.05) is 0 Å². The molecule has 0 aromatic heterocycles. The van der Waals surface area contributed by atoms with Gasteiger partial charge in [0.05, 0.1) is 17.8 Å². The van der Waals surface area contributed by atoms with Gasteiger partial charge in [-0.25, -0.2) is 0 Å². The van der Waals surface area contributed by atoms with Crippen LogP contribution in [0.3, 0.4) is 0 Å². The Morgan fingerprint density at radius 1 is 0.301 bits per heavy atom. The van der Waals surface area contributed by atoms with Crippen LogP contribution in [-0.4, -0.2) is 34.0 Å². The van der Waals surface area contributed by atoms with Gasteiger partial charge >= 0.3 is 26.5 Å². The molecule has 0 aliphatic rings. The van der Waals surface area contributed by atoms with Crippen LogP contribution in [0.1, 0.15) is 310 Å². The van der Waals surface area contributed by atoms with E-state index in [2.05, 4.69) is 57.2 Å². The number of thiocarbonyl (C=S) groups is 3. The Bertz CT molecular complexity index is 1220. The fourth-order valence-corrected chi connectivity index (χ4v) is 10.7. The molecule has 0 bridgehead atoms. The zero-order valence-corrected chi connectivity index (χ0v) is 50.7. The van der Waals surface area contributed by atoms with E-state index in [4.69, 9.17) is 50.2 Å². The van der Waals surface area contributed by atoms with Crippen LogP contribution in [0.15, 0.2) is 36.5 Å². The Balaban J connectivity index is 5.01. The SMILES string of the molecule is CCCCCCCCC=CCCCCCCCCC(C=S)C(=O)OP(OC(=O)C(C=S)CCCCCCCCC=CCCCCCCCC)OC(=O)C(C=S)CCCCCCCCC=CCCCCCCCC. The van der Waals surface area contributed by atoms with Gasteiger partial charge in [0, 0.05) is 0 Å². The van der Waals surface area contributed by atoms with Crippen molar-refractivity contribution in [3.63, 3.8) is 0 Å². The first-order valence-corrected chi connectivity index (χ1v) is 33.2. The second kappa shape index (κ2) is 58.0. The third kappa shape index (κ3) is 48.4. The van der Waals surface area contributed by atoms with Gasteiger partial charge in [-0.15, -0.1) is 0 Å². The molecular weight excluding hydrogens is 980 g/mol. The summed E-state index contributed by atoms with van der Waals surface area (Å²) in [4.78, 5) is 40.6. The Morgan fingerprint density at radius 2 is 0.479 bits per heavy atom. The standard InChI is InChI=1S/C63H111O6PS3/c1-4-7-10-13-16-19-22-25-28-31-34-37-40-43-46-49-52-58(55-71)61(64)67-70(68-62(65)59(56-72)53-50-47-44-41-38-35-32-29-26-23-20-17-14-11-8-5-2)69-63(66)60(57-73)54-51-48-45-42-39-36-33-30-27-24-21-18-15-12-9-6-3/h25-30,55-60H,4-24,31-54H2,1-3H3. The second-order valence-electron chi connectivity index (χ2n) is 20.9. The molecule has 0 heterocycles. The van der Waals surface area contributed by atoms with E-state index < -0.39 is 44.3 Å². The van der Waals surface area contributed by atoms with Gasteiger partial charge < -0.3 is 13.6 Å². The predicted molar refractivity (Wildman–Crippen MR) is 329 cm³/mol. The topological polar surface area (TPSA) is 78.9 Å². The van der Waals surface area contributed by atoms with Gasteiger partial charge in [0.15, 0.2) is 0 Å². The summed E-state index contributed by atoms with van der Waals surface area (Å²) in [6.45, 7) is 6.78. The van der Waals surface area contributed by atoms with Crippen LogP contribution in [0.25, 0.3) is 0 Å². The summed E-state index contributed by atoms with van der Waals surface area (Å²) < 4.78 is 17.1. The van der Waals surface area contributed by atoms with E-state index in [0.717, 1.165) is 96.3 Å². The number of carbonyl (C=O) groups is 3. The highest BCUT2D eigenvalue weighted by Crippen LogP contribution is 2.43. The quantitative estimate of drug-likeness (QED) is 0.0256. The fraction of sp³-hybridized carbons (Fsp3) is 0.810. The number of hydrogen-bond acceptors (Lipinski definition) is 9. The summed E-state index contributed by atoms with van der Waals surface area (Å²) in [6, 6.07) is 0. The van der Waals surface area contributed by atoms with Gasteiger partial charge in [-0.2, -0.15) is 0 Å². The van der Waals surface area contributed by atoms with Gasteiger partial charge in [0.1, 0.15) is 0 Å². The summed E-state index contributed by atoms with van der Waals surface area (Å²) in [5.41, 5.74) is 0. The minimum atomic E-state index is -2.68. The van der Waals surface area contributed by atoms with Crippen LogP contribution in [0.2, 0.25) is 0 Å². The van der Waals surface area contributed by atoms with Crippen molar-refractivity contribution >= 4 is 79.3 Å². The average molecular weight is 1090 g/mol. The van der Waals surface area contributed by atoms with Gasteiger partial charge in [0.2, 0.25) is 0 Å². The van der Waals surface area contributed by atoms with Crippen molar-refractivity contribution in [3.8, 4) is 0 Å². The first kappa shape index (κ1) is 71.3. The molecule has 0 radical (unpaired) electrons. The van der Waals surface area contributed by atoms with Crippen molar-refractivity contribution in [1.29, 1.82) is 0 Å². The molecule has 3 atom stereocenters. The van der Waals surface area contributed by atoms with E-state index in [1.54, 1.807) is 0 Å². The number of rotatable bonds is 57. The number of hydrogen-bond donors (Lipinski definition) is 0. The maximum Gasteiger partial charge on any atom is 0.537 e. The monoisotopic (exact) mass is 1090 g/mol. The summed E-state index contributed by atoms with van der Waals surface area (Å²) in [5.74, 6) is -3.98. The average Bonchev–Trinajstić information content (AvgIpc) is 3.39. The van der Waals surface area contributed by atoms with Crippen LogP contribution in [0, 0.1) is 17.8 Å². The van der Waals surface area contributed by atoms with Crippen LogP contribution < -0.4 is 0 Å². The molecule has 0 saturated carbocycles. The zero-order valence-electron chi connectivity index (χ0n) is 47.4. The molecule has 422 valence electrons. The second-order valence-corrected chi connectivity index (χ2v) is 22.7. The van der Waals surface area contributed by atoms with E-state index in [0.29, 0.717) is 19.3 Å². The van der Waals surface area contributed by atoms with Crippen molar-refractivity contribution in [2.45, 2.75) is 310 Å². The Kier molecular flexibility index (Phi) is 56.7. The lowest BCUT2D eigenvalue weighted by molar-refractivity contribution is -0.145. The van der Waals surface area contributed by atoms with Gasteiger partial charge in [0.25, 0.3) is 0 Å². The first-order valence-electron chi connectivity index (χ1n) is 30.6. The molecule has 3 unspecified atom stereocenters. The third-order valence-electron chi connectivity index (χ3n) is 14.0. The fourth-order valence-electron chi connectivity index (χ4n) is 9.04. The van der Waals surface area contributed by atoms with Crippen LogP contribution in [-0.2, 0) is 28.0 Å². The van der Waals surface area contributed by atoms with Crippen molar-refractivity contribution in [1.82, 2.24) is 0 Å². The van der Waals surface area contributed by atoms with Crippen molar-refractivity contribution in [2.24, 2.45) is 17.8 Å². The number of allylic oxidation sites excluding steroid dienone is 6. The minimum absolute atomic E-state index is 0.519. The zero-order chi connectivity index (χ0) is 53.3. The molecule has 0 aliphatic carbocycles. The van der Waals surface area contributed by atoms with E-state index in [9.17, 15) is 14.4 Å². The maximum atomic E-state index is 13.5. The van der Waals surface area contributed by atoms with Gasteiger partial charge in [-0.3, -0.25) is 14.4 Å². The molecule has 0 spiro atoms. The highest BCUT2D eigenvalue weighted by molar-refractivity contribution is 7.79. The molecule has 0 aromatic carbocycles. The van der Waals surface area contributed by atoms with Crippen LogP contribution in [0.5, 0.6) is 0 Å². The Labute approximate surface area is 468 Å². The van der Waals surface area contributed by atoms with E-state index >= 15 is 0 Å². The molecule has 10 heteroatoms. The Hall–Kier alpha value is -1.67. The van der Waals surface area contributed by atoms with E-state index in [-0.39, 0.29) is 0 Å². The van der Waals surface area contributed by atoms with Crippen LogP contribution >= 0.6 is 45.3 Å². The summed E-state index contributed by atoms with van der Waals surface area (Å²) >= 11 is 15.9. The lowest BCUT2D eigenvalue weighted by atomic mass is 10.0.